The standard InChI is InChI=1S/C5H4Cl6/c6-2(1-3(7)8)4(9)5(10)11/h1-2,4-5H. The van der Waals surface area contributed by atoms with Crippen molar-refractivity contribution in [1.82, 2.24) is 0 Å². The van der Waals surface area contributed by atoms with E-state index in [1.807, 2.05) is 0 Å². The van der Waals surface area contributed by atoms with E-state index in [2.05, 4.69) is 0 Å². The van der Waals surface area contributed by atoms with Crippen LogP contribution in [0.1, 0.15) is 0 Å². The van der Waals surface area contributed by atoms with Crippen molar-refractivity contribution < 1.29 is 0 Å². The Morgan fingerprint density at radius 2 is 1.45 bits per heavy atom. The van der Waals surface area contributed by atoms with E-state index in [-0.39, 0.29) is 4.49 Å². The molecule has 2 unspecified atom stereocenters. The zero-order valence-corrected chi connectivity index (χ0v) is 9.61. The van der Waals surface area contributed by atoms with Gasteiger partial charge >= 0.3 is 0 Å². The normalized spacial score (nSPS) is 16.3. The summed E-state index contributed by atoms with van der Waals surface area (Å²) in [4.78, 5) is -0.747. The van der Waals surface area contributed by atoms with Gasteiger partial charge in [-0.3, -0.25) is 0 Å². The Bertz CT molecular complexity index is 138. The van der Waals surface area contributed by atoms with Crippen LogP contribution < -0.4 is 0 Å². The lowest BCUT2D eigenvalue weighted by atomic mass is 10.3. The fourth-order valence-electron chi connectivity index (χ4n) is 0.351. The lowest BCUT2D eigenvalue weighted by Gasteiger charge is -2.12. The molecule has 0 N–H and O–H groups in total. The summed E-state index contributed by atoms with van der Waals surface area (Å²) in [6.07, 6.45) is 1.36. The van der Waals surface area contributed by atoms with Crippen LogP contribution >= 0.6 is 69.6 Å². The van der Waals surface area contributed by atoms with Gasteiger partial charge in [0.1, 0.15) is 9.33 Å². The van der Waals surface area contributed by atoms with Crippen LogP contribution in [0, 0.1) is 0 Å². The van der Waals surface area contributed by atoms with Crippen LogP contribution in [-0.2, 0) is 0 Å². The van der Waals surface area contributed by atoms with Crippen LogP contribution in [0.2, 0.25) is 0 Å². The molecule has 0 rings (SSSR count). The van der Waals surface area contributed by atoms with Gasteiger partial charge < -0.3 is 0 Å². The molecule has 0 amide bonds. The molecule has 0 saturated heterocycles. The van der Waals surface area contributed by atoms with Gasteiger partial charge in [0.05, 0.1) is 10.8 Å². The van der Waals surface area contributed by atoms with Crippen LogP contribution in [0.5, 0.6) is 0 Å². The zero-order chi connectivity index (χ0) is 9.02. The van der Waals surface area contributed by atoms with E-state index in [1.165, 1.54) is 6.08 Å². The van der Waals surface area contributed by atoms with E-state index in [4.69, 9.17) is 69.6 Å². The summed E-state index contributed by atoms with van der Waals surface area (Å²) in [6, 6.07) is 0. The van der Waals surface area contributed by atoms with E-state index in [0.29, 0.717) is 0 Å². The number of rotatable bonds is 3. The maximum absolute atomic E-state index is 5.68. The Hall–Kier alpha value is 1.48. The maximum atomic E-state index is 5.68. The maximum Gasteiger partial charge on any atom is 0.125 e. The van der Waals surface area contributed by atoms with Crippen LogP contribution in [0.4, 0.5) is 0 Å². The third-order valence-corrected chi connectivity index (χ3v) is 2.93. The van der Waals surface area contributed by atoms with Crippen LogP contribution in [-0.4, -0.2) is 15.6 Å². The molecule has 0 fully saturated rings. The van der Waals surface area contributed by atoms with Gasteiger partial charge in [0, 0.05) is 0 Å². The molecule has 6 heteroatoms. The van der Waals surface area contributed by atoms with Gasteiger partial charge in [0.25, 0.3) is 0 Å². The smallest absolute Gasteiger partial charge is 0.118 e. The van der Waals surface area contributed by atoms with Crippen molar-refractivity contribution in [2.45, 2.75) is 15.6 Å². The first-order valence-electron chi connectivity index (χ1n) is 2.54. The van der Waals surface area contributed by atoms with E-state index in [9.17, 15) is 0 Å². The molecular formula is C5H4Cl6. The largest absolute Gasteiger partial charge is 0.125 e. The van der Waals surface area contributed by atoms with E-state index in [0.717, 1.165) is 0 Å². The second-order valence-corrected chi connectivity index (χ2v) is 4.86. The van der Waals surface area contributed by atoms with Gasteiger partial charge in [0.15, 0.2) is 0 Å². The molecule has 2 atom stereocenters. The van der Waals surface area contributed by atoms with Gasteiger partial charge in [0.2, 0.25) is 0 Å². The zero-order valence-electron chi connectivity index (χ0n) is 5.08. The van der Waals surface area contributed by atoms with Crippen LogP contribution in [0.3, 0.4) is 0 Å². The summed E-state index contributed by atoms with van der Waals surface area (Å²) < 4.78 is 0.0460. The minimum absolute atomic E-state index is 0.0460. The lowest BCUT2D eigenvalue weighted by Crippen LogP contribution is -2.19. The monoisotopic (exact) mass is 274 g/mol. The first-order chi connectivity index (χ1) is 4.95. The van der Waals surface area contributed by atoms with Crippen molar-refractivity contribution in [3.63, 3.8) is 0 Å². The second-order valence-electron chi connectivity index (χ2n) is 1.68. The molecule has 66 valence electrons. The summed E-state index contributed by atoms with van der Waals surface area (Å²) in [5, 5.41) is -1.17. The van der Waals surface area contributed by atoms with Crippen LogP contribution in [0.25, 0.3) is 0 Å². The Morgan fingerprint density at radius 3 is 1.73 bits per heavy atom. The molecule has 0 aliphatic carbocycles. The van der Waals surface area contributed by atoms with Crippen molar-refractivity contribution in [2.24, 2.45) is 0 Å². The molecule has 0 heterocycles. The van der Waals surface area contributed by atoms with Crippen molar-refractivity contribution in [2.75, 3.05) is 0 Å². The van der Waals surface area contributed by atoms with Crippen molar-refractivity contribution in [3.8, 4) is 0 Å². The number of alkyl halides is 4. The molecule has 0 aromatic rings. The highest BCUT2D eigenvalue weighted by Crippen LogP contribution is 2.24. The highest BCUT2D eigenvalue weighted by atomic mass is 35.5. The molecule has 0 aliphatic rings. The Morgan fingerprint density at radius 1 is 1.00 bits per heavy atom. The molecule has 0 aromatic heterocycles. The molecule has 0 radical (unpaired) electrons. The highest BCUT2D eigenvalue weighted by molar-refractivity contribution is 6.56. The minimum Gasteiger partial charge on any atom is -0.118 e. The number of hydrogen-bond acceptors (Lipinski definition) is 0. The van der Waals surface area contributed by atoms with Crippen molar-refractivity contribution >= 4 is 69.6 Å². The van der Waals surface area contributed by atoms with Gasteiger partial charge in [-0.15, -0.1) is 46.4 Å². The van der Waals surface area contributed by atoms with Gasteiger partial charge in [-0.25, -0.2) is 0 Å². The fourth-order valence-corrected chi connectivity index (χ4v) is 1.56. The van der Waals surface area contributed by atoms with E-state index in [1.54, 1.807) is 0 Å². The van der Waals surface area contributed by atoms with Crippen LogP contribution in [0.15, 0.2) is 10.6 Å². The number of halogens is 6. The van der Waals surface area contributed by atoms with Crippen molar-refractivity contribution in [3.05, 3.63) is 10.6 Å². The molecule has 0 bridgehead atoms. The first kappa shape index (κ1) is 12.5. The molecule has 0 aliphatic heterocycles. The number of hydrogen-bond donors (Lipinski definition) is 0. The lowest BCUT2D eigenvalue weighted by molar-refractivity contribution is 0.942. The quantitative estimate of drug-likeness (QED) is 0.673. The topological polar surface area (TPSA) is 0 Å². The number of allylic oxidation sites excluding steroid dienone is 1. The van der Waals surface area contributed by atoms with E-state index < -0.39 is 15.6 Å². The summed E-state index contributed by atoms with van der Waals surface area (Å²) in [5.41, 5.74) is 0. The summed E-state index contributed by atoms with van der Waals surface area (Å²) in [5.74, 6) is 0. The Balaban J connectivity index is 4.03. The SMILES string of the molecule is ClC(Cl)=CC(Cl)C(Cl)C(Cl)Cl. The summed E-state index contributed by atoms with van der Waals surface area (Å²) in [7, 11) is 0. The highest BCUT2D eigenvalue weighted by Gasteiger charge is 2.21. The molecule has 0 saturated carbocycles. The summed E-state index contributed by atoms with van der Waals surface area (Å²) in [6.45, 7) is 0. The van der Waals surface area contributed by atoms with E-state index >= 15 is 0 Å². The summed E-state index contributed by atoms with van der Waals surface area (Å²) >= 11 is 32.8. The van der Waals surface area contributed by atoms with Crippen molar-refractivity contribution in [1.29, 1.82) is 0 Å². The fraction of sp³-hybridized carbons (Fsp3) is 0.600. The van der Waals surface area contributed by atoms with Gasteiger partial charge in [-0.1, -0.05) is 23.2 Å². The second kappa shape index (κ2) is 6.01. The third kappa shape index (κ3) is 5.68. The predicted octanol–water partition coefficient (Wildman–Crippen LogP) is 4.32. The first-order valence-corrected chi connectivity index (χ1v) is 5.04. The van der Waals surface area contributed by atoms with Gasteiger partial charge in [-0.05, 0) is 6.08 Å². The Labute approximate surface area is 95.3 Å². The average molecular weight is 277 g/mol. The average Bonchev–Trinajstić information content (AvgIpc) is 1.84. The molecule has 0 nitrogen and oxygen atoms in total. The third-order valence-electron chi connectivity index (χ3n) is 0.830. The molecular weight excluding hydrogens is 273 g/mol. The predicted molar refractivity (Wildman–Crippen MR) is 54.6 cm³/mol. The van der Waals surface area contributed by atoms with Gasteiger partial charge in [-0.2, -0.15) is 0 Å². The molecule has 11 heavy (non-hydrogen) atoms. The molecule has 0 spiro atoms. The Kier molecular flexibility index (Phi) is 6.82. The molecule has 0 aromatic carbocycles. The minimum atomic E-state index is -0.747.